The molecular weight excluding hydrogens is 478 g/mol. The SMILES string of the molecule is COc1cc(N(C)CCN(C)CN)ccc1Nc1nccc(-n2cc(S(C)(=O)=O)c3ccccc32)n1. The molecule has 2 aromatic carbocycles. The normalized spacial score (nSPS) is 11.7. The minimum absolute atomic E-state index is 0.255. The van der Waals surface area contributed by atoms with E-state index in [4.69, 9.17) is 10.5 Å². The van der Waals surface area contributed by atoms with Crippen LogP contribution in [0.4, 0.5) is 17.3 Å². The third kappa shape index (κ3) is 5.43. The first-order valence-corrected chi connectivity index (χ1v) is 13.3. The number of benzene rings is 2. The second-order valence-corrected chi connectivity index (χ2v) is 10.6. The first kappa shape index (κ1) is 25.4. The molecule has 0 aliphatic heterocycles. The summed E-state index contributed by atoms with van der Waals surface area (Å²) in [5.74, 6) is 1.54. The number of rotatable bonds is 10. The smallest absolute Gasteiger partial charge is 0.229 e. The summed E-state index contributed by atoms with van der Waals surface area (Å²) >= 11 is 0. The second-order valence-electron chi connectivity index (χ2n) is 8.58. The van der Waals surface area contributed by atoms with Crippen LogP contribution in [0, 0.1) is 0 Å². The monoisotopic (exact) mass is 509 g/mol. The van der Waals surface area contributed by atoms with E-state index in [2.05, 4.69) is 20.2 Å². The minimum Gasteiger partial charge on any atom is -0.494 e. The number of nitrogens with zero attached hydrogens (tertiary/aromatic N) is 5. The number of anilines is 3. The van der Waals surface area contributed by atoms with Gasteiger partial charge in [-0.1, -0.05) is 18.2 Å². The molecule has 4 rings (SSSR count). The number of methoxy groups -OCH3 is 1. The molecule has 0 radical (unpaired) electrons. The maximum atomic E-state index is 12.4. The Morgan fingerprint density at radius 3 is 2.61 bits per heavy atom. The van der Waals surface area contributed by atoms with E-state index < -0.39 is 9.84 Å². The van der Waals surface area contributed by atoms with Gasteiger partial charge in [-0.2, -0.15) is 4.98 Å². The minimum atomic E-state index is -3.42. The quantitative estimate of drug-likeness (QED) is 0.311. The molecule has 0 bridgehead atoms. The lowest BCUT2D eigenvalue weighted by molar-refractivity contribution is 0.352. The Bertz CT molecular complexity index is 1470. The molecule has 2 heterocycles. The Hall–Kier alpha value is -3.67. The van der Waals surface area contributed by atoms with Crippen molar-refractivity contribution < 1.29 is 13.2 Å². The van der Waals surface area contributed by atoms with E-state index in [1.165, 1.54) is 6.26 Å². The van der Waals surface area contributed by atoms with Gasteiger partial charge in [0.2, 0.25) is 5.95 Å². The standard InChI is InChI=1S/C25H31N7O3S/c1-30(17-26)13-14-31(2)18-9-10-20(22(15-18)35-3)28-25-27-12-11-24(29-25)32-16-23(36(4,33)34)19-7-5-6-8-21(19)32/h5-12,15-16H,13-14,17,26H2,1-4H3,(H,27,28,29). The molecule has 0 saturated carbocycles. The van der Waals surface area contributed by atoms with Crippen molar-refractivity contribution in [2.75, 3.05) is 57.4 Å². The van der Waals surface area contributed by atoms with Gasteiger partial charge in [0.15, 0.2) is 9.84 Å². The van der Waals surface area contributed by atoms with Gasteiger partial charge in [-0.15, -0.1) is 0 Å². The Kier molecular flexibility index (Phi) is 7.43. The summed E-state index contributed by atoms with van der Waals surface area (Å²) in [6, 6.07) is 14.9. The van der Waals surface area contributed by atoms with Gasteiger partial charge in [-0.05, 0) is 31.3 Å². The molecule has 190 valence electrons. The molecule has 0 atom stereocenters. The van der Waals surface area contributed by atoms with Crippen LogP contribution in [0.1, 0.15) is 0 Å². The van der Waals surface area contributed by atoms with E-state index in [1.807, 2.05) is 55.4 Å². The molecule has 0 spiro atoms. The number of para-hydroxylation sites is 1. The van der Waals surface area contributed by atoms with E-state index in [0.717, 1.165) is 24.3 Å². The summed E-state index contributed by atoms with van der Waals surface area (Å²) < 4.78 is 32.1. The summed E-state index contributed by atoms with van der Waals surface area (Å²) in [7, 11) is 2.20. The number of hydrogen-bond acceptors (Lipinski definition) is 9. The Morgan fingerprint density at radius 2 is 1.89 bits per heavy atom. The van der Waals surface area contributed by atoms with Crippen LogP contribution in [0.25, 0.3) is 16.7 Å². The molecule has 0 aliphatic rings. The molecule has 11 heteroatoms. The highest BCUT2D eigenvalue weighted by atomic mass is 32.2. The van der Waals surface area contributed by atoms with E-state index >= 15 is 0 Å². The van der Waals surface area contributed by atoms with Gasteiger partial charge in [0.05, 0.1) is 23.2 Å². The number of sulfone groups is 1. The molecule has 4 aromatic rings. The number of ether oxygens (including phenoxy) is 1. The highest BCUT2D eigenvalue weighted by molar-refractivity contribution is 7.91. The highest BCUT2D eigenvalue weighted by Crippen LogP contribution is 2.32. The van der Waals surface area contributed by atoms with Crippen LogP contribution >= 0.6 is 0 Å². The molecule has 0 unspecified atom stereocenters. The third-order valence-electron chi connectivity index (χ3n) is 5.96. The lowest BCUT2D eigenvalue weighted by Crippen LogP contribution is -2.34. The Balaban J connectivity index is 1.62. The van der Waals surface area contributed by atoms with Crippen LogP contribution in [0.15, 0.2) is 65.8 Å². The van der Waals surface area contributed by atoms with Crippen molar-refractivity contribution in [3.05, 3.63) is 60.9 Å². The average molecular weight is 510 g/mol. The molecule has 0 aliphatic carbocycles. The lowest BCUT2D eigenvalue weighted by atomic mass is 10.2. The van der Waals surface area contributed by atoms with E-state index in [0.29, 0.717) is 35.3 Å². The van der Waals surface area contributed by atoms with Crippen molar-refractivity contribution in [3.8, 4) is 11.6 Å². The molecule has 3 N–H and O–H groups in total. The van der Waals surface area contributed by atoms with Gasteiger partial charge in [0.25, 0.3) is 0 Å². The van der Waals surface area contributed by atoms with Crippen LogP contribution in [-0.2, 0) is 9.84 Å². The highest BCUT2D eigenvalue weighted by Gasteiger charge is 2.18. The average Bonchev–Trinajstić information content (AvgIpc) is 3.28. The van der Waals surface area contributed by atoms with Gasteiger partial charge in [0, 0.05) is 62.6 Å². The number of fused-ring (bicyclic) bond motifs is 1. The van der Waals surface area contributed by atoms with Gasteiger partial charge in [-0.3, -0.25) is 9.47 Å². The zero-order valence-corrected chi connectivity index (χ0v) is 21.7. The van der Waals surface area contributed by atoms with E-state index in [9.17, 15) is 8.42 Å². The molecule has 10 nitrogen and oxygen atoms in total. The number of nitrogens with two attached hydrogens (primary N) is 1. The van der Waals surface area contributed by atoms with Gasteiger partial charge in [-0.25, -0.2) is 13.4 Å². The van der Waals surface area contributed by atoms with Crippen molar-refractivity contribution >= 4 is 38.1 Å². The van der Waals surface area contributed by atoms with Crippen LogP contribution in [0.2, 0.25) is 0 Å². The number of aromatic nitrogens is 3. The number of hydrogen-bond donors (Lipinski definition) is 2. The zero-order chi connectivity index (χ0) is 25.9. The van der Waals surface area contributed by atoms with Gasteiger partial charge < -0.3 is 20.7 Å². The second kappa shape index (κ2) is 10.5. The first-order valence-electron chi connectivity index (χ1n) is 11.4. The molecule has 0 saturated heterocycles. The fourth-order valence-electron chi connectivity index (χ4n) is 3.86. The molecule has 0 fully saturated rings. The van der Waals surface area contributed by atoms with Gasteiger partial charge >= 0.3 is 0 Å². The van der Waals surface area contributed by atoms with Crippen LogP contribution in [0.3, 0.4) is 0 Å². The van der Waals surface area contributed by atoms with Crippen molar-refractivity contribution in [2.45, 2.75) is 4.90 Å². The zero-order valence-electron chi connectivity index (χ0n) is 20.8. The Morgan fingerprint density at radius 1 is 1.11 bits per heavy atom. The van der Waals surface area contributed by atoms with Crippen LogP contribution in [0.5, 0.6) is 5.75 Å². The van der Waals surface area contributed by atoms with Gasteiger partial charge in [0.1, 0.15) is 11.6 Å². The maximum absolute atomic E-state index is 12.4. The van der Waals surface area contributed by atoms with Crippen molar-refractivity contribution in [1.29, 1.82) is 0 Å². The number of nitrogens with one attached hydrogen (secondary N) is 1. The summed E-state index contributed by atoms with van der Waals surface area (Å²) in [5.41, 5.74) is 8.13. The van der Waals surface area contributed by atoms with Crippen molar-refractivity contribution in [1.82, 2.24) is 19.4 Å². The first-order chi connectivity index (χ1) is 17.2. The van der Waals surface area contributed by atoms with E-state index in [-0.39, 0.29) is 4.90 Å². The van der Waals surface area contributed by atoms with E-state index in [1.54, 1.807) is 36.2 Å². The van der Waals surface area contributed by atoms with Crippen molar-refractivity contribution in [2.24, 2.45) is 5.73 Å². The fraction of sp³-hybridized carbons (Fsp3) is 0.280. The summed E-state index contributed by atoms with van der Waals surface area (Å²) in [4.78, 5) is 13.4. The Labute approximate surface area is 211 Å². The topological polar surface area (TPSA) is 119 Å². The largest absolute Gasteiger partial charge is 0.494 e. The predicted octanol–water partition coefficient (Wildman–Crippen LogP) is 2.86. The molecular formula is C25H31N7O3S. The molecule has 2 aromatic heterocycles. The lowest BCUT2D eigenvalue weighted by Gasteiger charge is -2.23. The molecule has 0 amide bonds. The predicted molar refractivity (Wildman–Crippen MR) is 143 cm³/mol. The fourth-order valence-corrected chi connectivity index (χ4v) is 4.73. The van der Waals surface area contributed by atoms with Crippen molar-refractivity contribution in [3.63, 3.8) is 0 Å². The maximum Gasteiger partial charge on any atom is 0.229 e. The summed E-state index contributed by atoms with van der Waals surface area (Å²) in [6.07, 6.45) is 4.43. The van der Waals surface area contributed by atoms with Crippen LogP contribution < -0.4 is 20.7 Å². The van der Waals surface area contributed by atoms with Crippen LogP contribution in [-0.4, -0.2) is 75.1 Å². The summed E-state index contributed by atoms with van der Waals surface area (Å²) in [6.45, 7) is 2.16. The third-order valence-corrected chi connectivity index (χ3v) is 7.09. The molecule has 36 heavy (non-hydrogen) atoms. The summed E-state index contributed by atoms with van der Waals surface area (Å²) in [5, 5.41) is 3.87. The number of likely N-dealkylation sites (N-methyl/N-ethyl adjacent to an activating group) is 2.